The van der Waals surface area contributed by atoms with Crippen molar-refractivity contribution in [3.05, 3.63) is 29.8 Å². The highest BCUT2D eigenvalue weighted by atomic mass is 16.5. The smallest absolute Gasteiger partial charge is 0.327 e. The number of carbonyl (C=O) groups is 3. The van der Waals surface area contributed by atoms with Crippen molar-refractivity contribution in [3.63, 3.8) is 0 Å². The third-order valence-corrected chi connectivity index (χ3v) is 3.09. The molecule has 0 aliphatic carbocycles. The average molecular weight is 278 g/mol. The maximum Gasteiger partial charge on any atom is 0.327 e. The number of nitrogens with zero attached hydrogens (tertiary/aromatic N) is 1. The summed E-state index contributed by atoms with van der Waals surface area (Å²) in [4.78, 5) is 35.5. The number of anilines is 1. The van der Waals surface area contributed by atoms with Crippen molar-refractivity contribution in [2.24, 2.45) is 0 Å². The Balaban J connectivity index is 2.20. The van der Waals surface area contributed by atoms with E-state index in [0.717, 1.165) is 10.5 Å². The molecule has 1 aliphatic heterocycles. The topological polar surface area (TPSA) is 95.9 Å². The second-order valence-corrected chi connectivity index (χ2v) is 4.29. The number of hydrogen-bond acceptors (Lipinski definition) is 4. The van der Waals surface area contributed by atoms with Crippen LogP contribution < -0.4 is 10.2 Å². The molecular formula is C13H14N2O5. The Morgan fingerprint density at radius 3 is 2.75 bits per heavy atom. The van der Waals surface area contributed by atoms with E-state index in [0.29, 0.717) is 5.69 Å². The molecule has 0 bridgehead atoms. The summed E-state index contributed by atoms with van der Waals surface area (Å²) in [6.45, 7) is -0.305. The van der Waals surface area contributed by atoms with Crippen molar-refractivity contribution < 1.29 is 24.2 Å². The van der Waals surface area contributed by atoms with Crippen molar-refractivity contribution >= 4 is 23.7 Å². The van der Waals surface area contributed by atoms with Gasteiger partial charge in [0.2, 0.25) is 0 Å². The number of fused-ring (bicyclic) bond motifs is 1. The highest BCUT2D eigenvalue weighted by molar-refractivity contribution is 6.01. The quantitative estimate of drug-likeness (QED) is 0.779. The number of benzene rings is 1. The van der Waals surface area contributed by atoms with E-state index in [4.69, 9.17) is 0 Å². The zero-order valence-electron chi connectivity index (χ0n) is 10.8. The van der Waals surface area contributed by atoms with Crippen LogP contribution in [-0.4, -0.2) is 42.8 Å². The van der Waals surface area contributed by atoms with Crippen LogP contribution >= 0.6 is 0 Å². The Kier molecular flexibility index (Phi) is 3.88. The summed E-state index contributed by atoms with van der Waals surface area (Å²) in [7, 11) is 1.21. The van der Waals surface area contributed by atoms with Gasteiger partial charge in [-0.15, -0.1) is 0 Å². The molecule has 7 heteroatoms. The number of urea groups is 1. The van der Waals surface area contributed by atoms with Gasteiger partial charge >= 0.3 is 18.0 Å². The van der Waals surface area contributed by atoms with Gasteiger partial charge in [0.1, 0.15) is 12.6 Å². The fraction of sp³-hybridized carbons (Fsp3) is 0.308. The molecule has 0 saturated heterocycles. The van der Waals surface area contributed by atoms with Crippen LogP contribution in [0.5, 0.6) is 0 Å². The average Bonchev–Trinajstić information content (AvgIpc) is 2.84. The van der Waals surface area contributed by atoms with Gasteiger partial charge in [0.15, 0.2) is 0 Å². The van der Waals surface area contributed by atoms with Crippen molar-refractivity contribution in [3.8, 4) is 0 Å². The Labute approximate surface area is 115 Å². The first-order chi connectivity index (χ1) is 9.54. The van der Waals surface area contributed by atoms with Crippen LogP contribution in [0.25, 0.3) is 0 Å². The first-order valence-electron chi connectivity index (χ1n) is 5.99. The van der Waals surface area contributed by atoms with Crippen molar-refractivity contribution in [1.29, 1.82) is 0 Å². The van der Waals surface area contributed by atoms with E-state index in [2.05, 4.69) is 10.1 Å². The minimum atomic E-state index is -1.09. The molecule has 0 spiro atoms. The van der Waals surface area contributed by atoms with E-state index in [1.807, 2.05) is 0 Å². The van der Waals surface area contributed by atoms with Crippen LogP contribution in [0.2, 0.25) is 0 Å². The molecule has 2 rings (SSSR count). The summed E-state index contributed by atoms with van der Waals surface area (Å²) in [5, 5.41) is 11.6. The Morgan fingerprint density at radius 2 is 2.10 bits per heavy atom. The Morgan fingerprint density at radius 1 is 1.40 bits per heavy atom. The number of carboxylic acid groups (broad SMARTS) is 1. The van der Waals surface area contributed by atoms with Gasteiger partial charge in [-0.25, -0.2) is 9.59 Å². The van der Waals surface area contributed by atoms with E-state index in [1.54, 1.807) is 24.3 Å². The number of ether oxygens (including phenoxy) is 1. The lowest BCUT2D eigenvalue weighted by atomic mass is 10.1. The van der Waals surface area contributed by atoms with Crippen LogP contribution in [0.15, 0.2) is 24.3 Å². The molecule has 0 aromatic heterocycles. The Hall–Kier alpha value is -2.57. The summed E-state index contributed by atoms with van der Waals surface area (Å²) >= 11 is 0. The molecule has 0 fully saturated rings. The zero-order valence-corrected chi connectivity index (χ0v) is 10.8. The molecule has 1 aromatic carbocycles. The lowest BCUT2D eigenvalue weighted by Crippen LogP contribution is -2.49. The van der Waals surface area contributed by atoms with Gasteiger partial charge in [-0.1, -0.05) is 18.2 Å². The lowest BCUT2D eigenvalue weighted by Gasteiger charge is -2.22. The minimum Gasteiger partial charge on any atom is -0.480 e. The predicted octanol–water partition coefficient (Wildman–Crippen LogP) is 0.385. The molecule has 20 heavy (non-hydrogen) atoms. The van der Waals surface area contributed by atoms with Gasteiger partial charge in [-0.2, -0.15) is 0 Å². The maximum atomic E-state index is 12.1. The number of hydrogen-bond donors (Lipinski definition) is 2. The molecule has 1 aliphatic rings. The van der Waals surface area contributed by atoms with Crippen LogP contribution in [0.4, 0.5) is 10.5 Å². The molecule has 2 amide bonds. The maximum absolute atomic E-state index is 12.1. The highest BCUT2D eigenvalue weighted by Crippen LogP contribution is 2.32. The van der Waals surface area contributed by atoms with E-state index in [-0.39, 0.29) is 13.0 Å². The highest BCUT2D eigenvalue weighted by Gasteiger charge is 2.38. The molecule has 1 atom stereocenters. The van der Waals surface area contributed by atoms with Crippen molar-refractivity contribution in [1.82, 2.24) is 5.32 Å². The van der Waals surface area contributed by atoms with Gasteiger partial charge in [-0.05, 0) is 11.6 Å². The summed E-state index contributed by atoms with van der Waals surface area (Å²) in [6.07, 6.45) is 0.247. The molecule has 2 N–H and O–H groups in total. The van der Waals surface area contributed by atoms with Gasteiger partial charge in [0.25, 0.3) is 0 Å². The molecular weight excluding hydrogens is 264 g/mol. The second-order valence-electron chi connectivity index (χ2n) is 4.29. The van der Waals surface area contributed by atoms with Gasteiger partial charge in [0.05, 0.1) is 7.11 Å². The number of nitrogens with one attached hydrogen (secondary N) is 1. The molecule has 1 heterocycles. The summed E-state index contributed by atoms with van der Waals surface area (Å²) in [5.74, 6) is -1.69. The summed E-state index contributed by atoms with van der Waals surface area (Å²) in [5.41, 5.74) is 1.33. The van der Waals surface area contributed by atoms with Crippen LogP contribution in [-0.2, 0) is 20.7 Å². The largest absolute Gasteiger partial charge is 0.480 e. The number of esters is 1. The van der Waals surface area contributed by atoms with Crippen LogP contribution in [0.3, 0.4) is 0 Å². The number of carbonyl (C=O) groups excluding carboxylic acids is 2. The van der Waals surface area contributed by atoms with E-state index >= 15 is 0 Å². The zero-order chi connectivity index (χ0) is 14.7. The van der Waals surface area contributed by atoms with Crippen LogP contribution in [0.1, 0.15) is 5.56 Å². The molecule has 106 valence electrons. The van der Waals surface area contributed by atoms with Gasteiger partial charge in [0, 0.05) is 12.1 Å². The van der Waals surface area contributed by atoms with Gasteiger partial charge < -0.3 is 15.2 Å². The molecule has 0 radical (unpaired) electrons. The predicted molar refractivity (Wildman–Crippen MR) is 69.5 cm³/mol. The third kappa shape index (κ3) is 2.56. The van der Waals surface area contributed by atoms with E-state index in [1.165, 1.54) is 7.11 Å². The summed E-state index contributed by atoms with van der Waals surface area (Å²) < 4.78 is 4.42. The summed E-state index contributed by atoms with van der Waals surface area (Å²) in [6, 6.07) is 5.37. The minimum absolute atomic E-state index is 0.247. The second kappa shape index (κ2) is 5.60. The first-order valence-corrected chi connectivity index (χ1v) is 5.99. The fourth-order valence-electron chi connectivity index (χ4n) is 2.14. The third-order valence-electron chi connectivity index (χ3n) is 3.09. The SMILES string of the molecule is COC(=O)CNC(=O)N1c2ccccc2C[C@H]1C(=O)O. The first kappa shape index (κ1) is 13.9. The van der Waals surface area contributed by atoms with E-state index in [9.17, 15) is 19.5 Å². The molecule has 1 aromatic rings. The number of amides is 2. The number of para-hydroxylation sites is 1. The fourth-order valence-corrected chi connectivity index (χ4v) is 2.14. The number of aliphatic carboxylic acids is 1. The number of rotatable bonds is 3. The Bertz CT molecular complexity index is 557. The number of carboxylic acids is 1. The molecule has 0 unspecified atom stereocenters. The number of methoxy groups -OCH3 is 1. The molecule has 7 nitrogen and oxygen atoms in total. The normalized spacial score (nSPS) is 16.4. The molecule has 0 saturated carbocycles. The van der Waals surface area contributed by atoms with E-state index < -0.39 is 24.0 Å². The van der Waals surface area contributed by atoms with Crippen LogP contribution in [0, 0.1) is 0 Å². The lowest BCUT2D eigenvalue weighted by molar-refractivity contribution is -0.139. The van der Waals surface area contributed by atoms with Gasteiger partial charge in [-0.3, -0.25) is 9.69 Å². The van der Waals surface area contributed by atoms with Crippen molar-refractivity contribution in [2.75, 3.05) is 18.6 Å². The standard InChI is InChI=1S/C13H14N2O5/c1-20-11(16)7-14-13(19)15-9-5-3-2-4-8(9)6-10(15)12(17)18/h2-5,10H,6-7H2,1H3,(H,14,19)(H,17,18)/t10-/m0/s1. The monoisotopic (exact) mass is 278 g/mol. The van der Waals surface area contributed by atoms with Crippen molar-refractivity contribution in [2.45, 2.75) is 12.5 Å².